The van der Waals surface area contributed by atoms with Gasteiger partial charge in [0.1, 0.15) is 11.5 Å². The lowest BCUT2D eigenvalue weighted by molar-refractivity contribution is 0.626. The van der Waals surface area contributed by atoms with Crippen molar-refractivity contribution in [2.75, 3.05) is 5.32 Å². The molecule has 0 atom stereocenters. The summed E-state index contributed by atoms with van der Waals surface area (Å²) in [7, 11) is 0. The summed E-state index contributed by atoms with van der Waals surface area (Å²) in [6, 6.07) is 14.5. The minimum atomic E-state index is -0.253. The highest BCUT2D eigenvalue weighted by atomic mass is 19.1. The van der Waals surface area contributed by atoms with Crippen molar-refractivity contribution in [3.05, 3.63) is 71.3 Å². The normalized spacial score (nSPS) is 11.0. The minimum Gasteiger partial charge on any atom is -0.364 e. The standard InChI is InChI=1S/C20H18FN5/c1-12-18(16-8-3-4-9-17(16)23-12)20-24-19(13(2)25-26-20)22-11-14-6-5-7-15(21)10-14/h3-10,23H,11H2,1-2H3,(H,22,24,26). The summed E-state index contributed by atoms with van der Waals surface area (Å²) < 4.78 is 13.3. The smallest absolute Gasteiger partial charge is 0.186 e. The lowest BCUT2D eigenvalue weighted by atomic mass is 10.1. The van der Waals surface area contributed by atoms with E-state index in [2.05, 4.69) is 25.5 Å². The Morgan fingerprint density at radius 2 is 1.88 bits per heavy atom. The zero-order chi connectivity index (χ0) is 18.1. The van der Waals surface area contributed by atoms with Crippen LogP contribution in [0.15, 0.2) is 48.5 Å². The molecule has 4 aromatic rings. The number of nitrogens with one attached hydrogen (secondary N) is 2. The molecule has 4 rings (SSSR count). The summed E-state index contributed by atoms with van der Waals surface area (Å²) in [5.74, 6) is 0.952. The zero-order valence-corrected chi connectivity index (χ0v) is 14.5. The van der Waals surface area contributed by atoms with E-state index in [9.17, 15) is 4.39 Å². The quantitative estimate of drug-likeness (QED) is 0.575. The first-order valence-corrected chi connectivity index (χ1v) is 8.39. The third kappa shape index (κ3) is 3.01. The Morgan fingerprint density at radius 3 is 2.73 bits per heavy atom. The van der Waals surface area contributed by atoms with Crippen molar-refractivity contribution >= 4 is 16.7 Å². The number of aromatic nitrogens is 4. The van der Waals surface area contributed by atoms with Gasteiger partial charge in [-0.2, -0.15) is 0 Å². The van der Waals surface area contributed by atoms with Crippen LogP contribution >= 0.6 is 0 Å². The van der Waals surface area contributed by atoms with Crippen LogP contribution in [0.4, 0.5) is 10.2 Å². The summed E-state index contributed by atoms with van der Waals surface area (Å²) in [6.45, 7) is 4.31. The third-order valence-corrected chi connectivity index (χ3v) is 4.32. The van der Waals surface area contributed by atoms with Crippen molar-refractivity contribution in [2.24, 2.45) is 0 Å². The molecule has 0 fully saturated rings. The first-order chi connectivity index (χ1) is 12.6. The fourth-order valence-corrected chi connectivity index (χ4v) is 3.05. The van der Waals surface area contributed by atoms with Gasteiger partial charge in [0, 0.05) is 28.7 Å². The summed E-state index contributed by atoms with van der Waals surface area (Å²) in [5.41, 5.74) is 4.52. The number of H-pyrrole nitrogens is 1. The van der Waals surface area contributed by atoms with Gasteiger partial charge in [-0.25, -0.2) is 9.37 Å². The maximum atomic E-state index is 13.3. The lowest BCUT2D eigenvalue weighted by Crippen LogP contribution is -2.07. The molecule has 0 saturated carbocycles. The molecule has 130 valence electrons. The van der Waals surface area contributed by atoms with Crippen LogP contribution in [0.2, 0.25) is 0 Å². The van der Waals surface area contributed by atoms with E-state index in [4.69, 9.17) is 0 Å². The molecule has 0 aliphatic heterocycles. The summed E-state index contributed by atoms with van der Waals surface area (Å²) in [5, 5.41) is 12.8. The van der Waals surface area contributed by atoms with E-state index in [1.165, 1.54) is 12.1 Å². The van der Waals surface area contributed by atoms with E-state index >= 15 is 0 Å². The van der Waals surface area contributed by atoms with Crippen molar-refractivity contribution in [2.45, 2.75) is 20.4 Å². The van der Waals surface area contributed by atoms with Crippen molar-refractivity contribution in [3.8, 4) is 11.4 Å². The fourth-order valence-electron chi connectivity index (χ4n) is 3.05. The summed E-state index contributed by atoms with van der Waals surface area (Å²) in [4.78, 5) is 8.02. The first-order valence-electron chi connectivity index (χ1n) is 8.39. The van der Waals surface area contributed by atoms with Crippen molar-refractivity contribution in [1.82, 2.24) is 20.2 Å². The highest BCUT2D eigenvalue weighted by Crippen LogP contribution is 2.30. The molecule has 0 unspecified atom stereocenters. The van der Waals surface area contributed by atoms with Gasteiger partial charge in [0.05, 0.1) is 0 Å². The van der Waals surface area contributed by atoms with Gasteiger partial charge in [-0.05, 0) is 37.6 Å². The molecule has 2 aromatic heterocycles. The minimum absolute atomic E-state index is 0.253. The molecular weight excluding hydrogens is 329 g/mol. The Hall–Kier alpha value is -3.28. The Labute approximate surface area is 150 Å². The number of halogens is 1. The number of hydrogen-bond donors (Lipinski definition) is 2. The molecule has 2 heterocycles. The van der Waals surface area contributed by atoms with E-state index < -0.39 is 0 Å². The number of para-hydroxylation sites is 1. The Morgan fingerprint density at radius 1 is 1.04 bits per heavy atom. The number of hydrogen-bond acceptors (Lipinski definition) is 4. The van der Waals surface area contributed by atoms with Gasteiger partial charge in [0.2, 0.25) is 0 Å². The second kappa shape index (κ2) is 6.55. The van der Waals surface area contributed by atoms with Crippen LogP contribution < -0.4 is 5.32 Å². The van der Waals surface area contributed by atoms with Gasteiger partial charge in [-0.1, -0.05) is 30.3 Å². The molecule has 0 aliphatic carbocycles. The molecule has 26 heavy (non-hydrogen) atoms. The van der Waals surface area contributed by atoms with Crippen molar-refractivity contribution < 1.29 is 4.39 Å². The maximum absolute atomic E-state index is 13.3. The van der Waals surface area contributed by atoms with E-state index in [1.54, 1.807) is 6.07 Å². The average molecular weight is 347 g/mol. The zero-order valence-electron chi connectivity index (χ0n) is 14.5. The highest BCUT2D eigenvalue weighted by Gasteiger charge is 2.15. The first kappa shape index (κ1) is 16.2. The van der Waals surface area contributed by atoms with E-state index in [0.717, 1.165) is 27.7 Å². The molecule has 6 heteroatoms. The van der Waals surface area contributed by atoms with Gasteiger partial charge in [-0.3, -0.25) is 0 Å². The highest BCUT2D eigenvalue weighted by molar-refractivity contribution is 5.95. The van der Waals surface area contributed by atoms with Gasteiger partial charge in [-0.15, -0.1) is 10.2 Å². The SMILES string of the molecule is Cc1nnc(-c2c(C)[nH]c3ccccc23)nc1NCc1cccc(F)c1. The van der Waals surface area contributed by atoms with Crippen LogP contribution in [0.5, 0.6) is 0 Å². The third-order valence-electron chi connectivity index (χ3n) is 4.32. The van der Waals surface area contributed by atoms with Crippen molar-refractivity contribution in [1.29, 1.82) is 0 Å². The number of rotatable bonds is 4. The molecule has 0 bridgehead atoms. The molecular formula is C20H18FN5. The molecule has 2 aromatic carbocycles. The second-order valence-corrected chi connectivity index (χ2v) is 6.22. The average Bonchev–Trinajstić information content (AvgIpc) is 2.97. The number of fused-ring (bicyclic) bond motifs is 1. The molecule has 0 saturated heterocycles. The van der Waals surface area contributed by atoms with E-state index in [-0.39, 0.29) is 5.82 Å². The molecule has 0 aliphatic rings. The van der Waals surface area contributed by atoms with Gasteiger partial charge < -0.3 is 10.3 Å². The summed E-state index contributed by atoms with van der Waals surface area (Å²) >= 11 is 0. The van der Waals surface area contributed by atoms with Crippen LogP contribution in [-0.2, 0) is 6.54 Å². The van der Waals surface area contributed by atoms with Crippen molar-refractivity contribution in [3.63, 3.8) is 0 Å². The fraction of sp³-hybridized carbons (Fsp3) is 0.150. The van der Waals surface area contributed by atoms with Gasteiger partial charge in [0.25, 0.3) is 0 Å². The van der Waals surface area contributed by atoms with Gasteiger partial charge >= 0.3 is 0 Å². The lowest BCUT2D eigenvalue weighted by Gasteiger charge is -2.09. The van der Waals surface area contributed by atoms with Gasteiger partial charge in [0.15, 0.2) is 11.6 Å². The van der Waals surface area contributed by atoms with E-state index in [1.807, 2.05) is 44.2 Å². The number of aryl methyl sites for hydroxylation is 2. The maximum Gasteiger partial charge on any atom is 0.186 e. The topological polar surface area (TPSA) is 66.5 Å². The predicted molar refractivity (Wildman–Crippen MR) is 100 cm³/mol. The Balaban J connectivity index is 1.69. The number of nitrogens with zero attached hydrogens (tertiary/aromatic N) is 3. The Bertz CT molecular complexity index is 1090. The predicted octanol–water partition coefficient (Wildman–Crippen LogP) is 4.39. The molecule has 0 radical (unpaired) electrons. The van der Waals surface area contributed by atoms with Crippen LogP contribution in [-0.4, -0.2) is 20.2 Å². The molecule has 0 amide bonds. The van der Waals surface area contributed by atoms with Crippen LogP contribution in [0.1, 0.15) is 17.0 Å². The second-order valence-electron chi connectivity index (χ2n) is 6.22. The Kier molecular flexibility index (Phi) is 4.08. The number of benzene rings is 2. The molecule has 5 nitrogen and oxygen atoms in total. The van der Waals surface area contributed by atoms with Crippen LogP contribution in [0.3, 0.4) is 0 Å². The van der Waals surface area contributed by atoms with E-state index in [0.29, 0.717) is 23.9 Å². The number of aromatic amines is 1. The van der Waals surface area contributed by atoms with Crippen LogP contribution in [0.25, 0.3) is 22.3 Å². The monoisotopic (exact) mass is 347 g/mol. The van der Waals surface area contributed by atoms with Crippen LogP contribution in [0, 0.1) is 19.7 Å². The number of anilines is 1. The molecule has 0 spiro atoms. The largest absolute Gasteiger partial charge is 0.364 e. The molecule has 2 N–H and O–H groups in total. The summed E-state index contributed by atoms with van der Waals surface area (Å²) in [6.07, 6.45) is 0.